The van der Waals surface area contributed by atoms with Crippen molar-refractivity contribution >= 4 is 23.1 Å². The van der Waals surface area contributed by atoms with Gasteiger partial charge in [-0.05, 0) is 35.6 Å². The van der Waals surface area contributed by atoms with Crippen LogP contribution in [-0.2, 0) is 9.53 Å². The lowest BCUT2D eigenvalue weighted by Crippen LogP contribution is -2.32. The van der Waals surface area contributed by atoms with Crippen LogP contribution in [0.2, 0.25) is 0 Å². The summed E-state index contributed by atoms with van der Waals surface area (Å²) in [6.45, 7) is 4.22. The molecular formula is C23H24N2O3. The van der Waals surface area contributed by atoms with Gasteiger partial charge in [0, 0.05) is 17.7 Å². The molecule has 1 heterocycles. The molecule has 0 aromatic heterocycles. The van der Waals surface area contributed by atoms with E-state index < -0.39 is 12.0 Å². The smallest absolute Gasteiger partial charge is 0.338 e. The number of fused-ring (bicyclic) bond motifs is 1. The highest BCUT2D eigenvalue weighted by Gasteiger charge is 2.39. The molecule has 0 saturated carbocycles. The van der Waals surface area contributed by atoms with Gasteiger partial charge in [0.05, 0.1) is 30.1 Å². The van der Waals surface area contributed by atoms with Crippen LogP contribution < -0.4 is 10.6 Å². The molecule has 0 saturated heterocycles. The molecule has 2 N–H and O–H groups in total. The number of carbonyl (C=O) groups is 2. The lowest BCUT2D eigenvalue weighted by atomic mass is 9.73. The predicted molar refractivity (Wildman–Crippen MR) is 109 cm³/mol. The zero-order valence-electron chi connectivity index (χ0n) is 16.3. The molecule has 2 aromatic rings. The van der Waals surface area contributed by atoms with Crippen molar-refractivity contribution in [1.29, 1.82) is 0 Å². The molecule has 1 aliphatic carbocycles. The van der Waals surface area contributed by atoms with E-state index in [1.165, 1.54) is 7.11 Å². The van der Waals surface area contributed by atoms with Crippen LogP contribution in [0.15, 0.2) is 59.8 Å². The lowest BCUT2D eigenvalue weighted by molar-refractivity contribution is -0.118. The highest BCUT2D eigenvalue weighted by Crippen LogP contribution is 2.45. The van der Waals surface area contributed by atoms with E-state index in [1.54, 1.807) is 12.1 Å². The molecule has 1 atom stereocenters. The average Bonchev–Trinajstić information content (AvgIpc) is 2.82. The molecule has 144 valence electrons. The van der Waals surface area contributed by atoms with E-state index in [4.69, 9.17) is 4.74 Å². The summed E-state index contributed by atoms with van der Waals surface area (Å²) in [5.74, 6) is -0.308. The Labute approximate surface area is 164 Å². The van der Waals surface area contributed by atoms with Crippen molar-refractivity contribution in [3.05, 3.63) is 70.9 Å². The topological polar surface area (TPSA) is 67.4 Å². The summed E-state index contributed by atoms with van der Waals surface area (Å²) in [5.41, 5.74) is 4.54. The Morgan fingerprint density at radius 3 is 2.46 bits per heavy atom. The summed E-state index contributed by atoms with van der Waals surface area (Å²) in [4.78, 5) is 25.6. The van der Waals surface area contributed by atoms with Crippen LogP contribution in [0.25, 0.3) is 0 Å². The van der Waals surface area contributed by atoms with Gasteiger partial charge >= 0.3 is 5.97 Å². The van der Waals surface area contributed by atoms with Gasteiger partial charge in [-0.15, -0.1) is 0 Å². The van der Waals surface area contributed by atoms with Crippen molar-refractivity contribution in [2.75, 3.05) is 17.7 Å². The van der Waals surface area contributed by atoms with E-state index in [1.807, 2.05) is 36.4 Å². The SMILES string of the molecule is COC(=O)c1ccccc1C1Nc2ccccc2NC2=C1C(=O)CC(C)(C)C2. The largest absolute Gasteiger partial charge is 0.465 e. The molecule has 2 aliphatic rings. The minimum atomic E-state index is -0.426. The van der Waals surface area contributed by atoms with E-state index in [0.717, 1.165) is 29.1 Å². The Kier molecular flexibility index (Phi) is 4.46. The number of benzene rings is 2. The normalized spacial score (nSPS) is 20.2. The van der Waals surface area contributed by atoms with E-state index >= 15 is 0 Å². The van der Waals surface area contributed by atoms with Gasteiger partial charge in [-0.3, -0.25) is 4.79 Å². The molecule has 4 rings (SSSR count). The number of hydrogen-bond acceptors (Lipinski definition) is 5. The molecule has 0 radical (unpaired) electrons. The van der Waals surface area contributed by atoms with Crippen molar-refractivity contribution in [3.63, 3.8) is 0 Å². The van der Waals surface area contributed by atoms with Crippen LogP contribution in [0.1, 0.15) is 48.7 Å². The fourth-order valence-electron chi connectivity index (χ4n) is 4.17. The van der Waals surface area contributed by atoms with Crippen LogP contribution in [0.4, 0.5) is 11.4 Å². The molecule has 2 aromatic carbocycles. The number of anilines is 2. The summed E-state index contributed by atoms with van der Waals surface area (Å²) in [6.07, 6.45) is 1.24. The van der Waals surface area contributed by atoms with Gasteiger partial charge in [0.15, 0.2) is 5.78 Å². The monoisotopic (exact) mass is 376 g/mol. The maximum atomic E-state index is 13.2. The van der Waals surface area contributed by atoms with Gasteiger partial charge in [-0.1, -0.05) is 44.2 Å². The second kappa shape index (κ2) is 6.82. The van der Waals surface area contributed by atoms with Gasteiger partial charge in [0.1, 0.15) is 0 Å². The molecule has 5 nitrogen and oxygen atoms in total. The van der Waals surface area contributed by atoms with Crippen molar-refractivity contribution in [2.24, 2.45) is 5.41 Å². The molecule has 1 aliphatic heterocycles. The second-order valence-corrected chi connectivity index (χ2v) is 8.16. The number of methoxy groups -OCH3 is 1. The van der Waals surface area contributed by atoms with Crippen molar-refractivity contribution < 1.29 is 14.3 Å². The Balaban J connectivity index is 1.92. The van der Waals surface area contributed by atoms with E-state index in [2.05, 4.69) is 24.5 Å². The van der Waals surface area contributed by atoms with Gasteiger partial charge in [0.25, 0.3) is 0 Å². The minimum absolute atomic E-state index is 0.101. The molecular weight excluding hydrogens is 352 g/mol. The first kappa shape index (κ1) is 18.3. The number of esters is 1. The van der Waals surface area contributed by atoms with E-state index in [0.29, 0.717) is 17.6 Å². The van der Waals surface area contributed by atoms with Crippen LogP contribution >= 0.6 is 0 Å². The number of allylic oxidation sites excluding steroid dienone is 1. The highest BCUT2D eigenvalue weighted by molar-refractivity contribution is 6.02. The molecule has 0 spiro atoms. The number of nitrogens with one attached hydrogen (secondary N) is 2. The summed E-state index contributed by atoms with van der Waals surface area (Å²) in [5, 5.41) is 6.99. The number of ether oxygens (including phenoxy) is 1. The molecule has 1 unspecified atom stereocenters. The maximum absolute atomic E-state index is 13.2. The fraction of sp³-hybridized carbons (Fsp3) is 0.304. The lowest BCUT2D eigenvalue weighted by Gasteiger charge is -2.34. The zero-order valence-corrected chi connectivity index (χ0v) is 16.3. The summed E-state index contributed by atoms with van der Waals surface area (Å²) in [6, 6.07) is 14.8. The quantitative estimate of drug-likeness (QED) is 0.744. The molecule has 0 amide bonds. The Hall–Kier alpha value is -3.08. The van der Waals surface area contributed by atoms with Crippen molar-refractivity contribution in [2.45, 2.75) is 32.7 Å². The Bertz CT molecular complexity index is 991. The van der Waals surface area contributed by atoms with Crippen molar-refractivity contribution in [1.82, 2.24) is 0 Å². The fourth-order valence-corrected chi connectivity index (χ4v) is 4.17. The summed E-state index contributed by atoms with van der Waals surface area (Å²) >= 11 is 0. The third-order valence-corrected chi connectivity index (χ3v) is 5.40. The molecule has 5 heteroatoms. The van der Waals surface area contributed by atoms with Gasteiger partial charge in [0.2, 0.25) is 0 Å². The van der Waals surface area contributed by atoms with E-state index in [9.17, 15) is 9.59 Å². The zero-order chi connectivity index (χ0) is 19.9. The second-order valence-electron chi connectivity index (χ2n) is 8.16. The number of Topliss-reactive ketones (excluding diaryl/α,β-unsaturated/α-hetero) is 1. The van der Waals surface area contributed by atoms with Gasteiger partial charge in [-0.25, -0.2) is 4.79 Å². The minimum Gasteiger partial charge on any atom is -0.465 e. The van der Waals surface area contributed by atoms with Crippen LogP contribution in [0.5, 0.6) is 0 Å². The standard InChI is InChI=1S/C23H24N2O3/c1-23(2)12-18-20(19(26)13-23)21(25-17-11-7-6-10-16(17)24-18)14-8-4-5-9-15(14)22(27)28-3/h4-11,21,24-25H,12-13H2,1-3H3. The third-order valence-electron chi connectivity index (χ3n) is 5.40. The van der Waals surface area contributed by atoms with Crippen LogP contribution in [0.3, 0.4) is 0 Å². The number of rotatable bonds is 2. The number of carbonyl (C=O) groups excluding carboxylic acids is 2. The van der Waals surface area contributed by atoms with Crippen LogP contribution in [-0.4, -0.2) is 18.9 Å². The molecule has 28 heavy (non-hydrogen) atoms. The first-order valence-electron chi connectivity index (χ1n) is 9.46. The van der Waals surface area contributed by atoms with Crippen LogP contribution in [0, 0.1) is 5.41 Å². The Morgan fingerprint density at radius 2 is 1.71 bits per heavy atom. The first-order valence-corrected chi connectivity index (χ1v) is 9.46. The first-order chi connectivity index (χ1) is 13.4. The molecule has 0 fully saturated rings. The number of para-hydroxylation sites is 2. The van der Waals surface area contributed by atoms with Gasteiger partial charge < -0.3 is 15.4 Å². The predicted octanol–water partition coefficient (Wildman–Crippen LogP) is 4.70. The third kappa shape index (κ3) is 3.17. The Morgan fingerprint density at radius 1 is 1.04 bits per heavy atom. The van der Waals surface area contributed by atoms with E-state index in [-0.39, 0.29) is 11.2 Å². The summed E-state index contributed by atoms with van der Waals surface area (Å²) in [7, 11) is 1.37. The molecule has 0 bridgehead atoms. The summed E-state index contributed by atoms with van der Waals surface area (Å²) < 4.78 is 4.98. The highest BCUT2D eigenvalue weighted by atomic mass is 16.5. The number of ketones is 1. The number of hydrogen-bond donors (Lipinski definition) is 2. The average molecular weight is 376 g/mol. The van der Waals surface area contributed by atoms with Gasteiger partial charge in [-0.2, -0.15) is 0 Å². The van der Waals surface area contributed by atoms with Crippen molar-refractivity contribution in [3.8, 4) is 0 Å². The maximum Gasteiger partial charge on any atom is 0.338 e.